The summed E-state index contributed by atoms with van der Waals surface area (Å²) >= 11 is 0. The molecule has 0 atom stereocenters. The average Bonchev–Trinajstić information content (AvgIpc) is 2.38. The summed E-state index contributed by atoms with van der Waals surface area (Å²) in [5.41, 5.74) is 3.75. The van der Waals surface area contributed by atoms with E-state index in [2.05, 4.69) is 0 Å². The van der Waals surface area contributed by atoms with Crippen LogP contribution in [-0.4, -0.2) is 5.91 Å². The summed E-state index contributed by atoms with van der Waals surface area (Å²) in [7, 11) is 0. The molecule has 0 radical (unpaired) electrons. The van der Waals surface area contributed by atoms with E-state index in [1.165, 1.54) is 0 Å². The molecule has 0 aliphatic rings. The van der Waals surface area contributed by atoms with Crippen molar-refractivity contribution in [1.29, 1.82) is 0 Å². The van der Waals surface area contributed by atoms with E-state index in [9.17, 15) is 22.4 Å². The number of amides is 1. The van der Waals surface area contributed by atoms with Gasteiger partial charge in [0.1, 0.15) is 23.3 Å². The van der Waals surface area contributed by atoms with Gasteiger partial charge in [0.05, 0.1) is 16.9 Å². The van der Waals surface area contributed by atoms with Crippen LogP contribution in [0.25, 0.3) is 0 Å². The number of hydrogen-bond donors (Lipinski definition) is 2. The summed E-state index contributed by atoms with van der Waals surface area (Å²) in [6.07, 6.45) is 0. The van der Waals surface area contributed by atoms with E-state index in [0.29, 0.717) is 6.07 Å². The number of benzene rings is 2. The maximum Gasteiger partial charge on any atom is 0.258 e. The predicted octanol–water partition coefficient (Wildman–Crippen LogP) is 3.08. The molecule has 0 spiro atoms. The monoisotopic (exact) mass is 284 g/mol. The van der Waals surface area contributed by atoms with Crippen LogP contribution in [0.15, 0.2) is 30.3 Å². The zero-order valence-electron chi connectivity index (χ0n) is 9.88. The Balaban J connectivity index is 2.33. The fraction of sp³-hybridized carbons (Fsp3) is 0. The van der Waals surface area contributed by atoms with E-state index in [0.717, 1.165) is 24.3 Å². The Morgan fingerprint density at radius 2 is 1.65 bits per heavy atom. The predicted molar refractivity (Wildman–Crippen MR) is 65.1 cm³/mol. The summed E-state index contributed by atoms with van der Waals surface area (Å²) in [5, 5.41) is 1.98. The van der Waals surface area contributed by atoms with Gasteiger partial charge in [-0.2, -0.15) is 0 Å². The van der Waals surface area contributed by atoms with Gasteiger partial charge in [-0.25, -0.2) is 17.6 Å². The minimum atomic E-state index is -1.16. The average molecular weight is 284 g/mol. The maximum atomic E-state index is 13.4. The maximum absolute atomic E-state index is 13.4. The highest BCUT2D eigenvalue weighted by Crippen LogP contribution is 2.20. The minimum absolute atomic E-state index is 0.434. The van der Waals surface area contributed by atoms with Crippen LogP contribution in [0.5, 0.6) is 0 Å². The topological polar surface area (TPSA) is 55.1 Å². The lowest BCUT2D eigenvalue weighted by atomic mass is 10.1. The molecule has 0 fully saturated rings. The quantitative estimate of drug-likeness (QED) is 0.657. The lowest BCUT2D eigenvalue weighted by molar-refractivity contribution is 0.102. The SMILES string of the molecule is Nc1cc(C(=O)Nc2cc(F)ccc2F)c(F)cc1F. The number of nitrogens with two attached hydrogens (primary N) is 1. The van der Waals surface area contributed by atoms with Crippen molar-refractivity contribution in [3.63, 3.8) is 0 Å². The Morgan fingerprint density at radius 1 is 0.950 bits per heavy atom. The third kappa shape index (κ3) is 2.71. The van der Waals surface area contributed by atoms with Gasteiger partial charge in [0.2, 0.25) is 0 Å². The molecule has 3 nitrogen and oxygen atoms in total. The second kappa shape index (κ2) is 5.20. The van der Waals surface area contributed by atoms with Crippen LogP contribution in [0.3, 0.4) is 0 Å². The van der Waals surface area contributed by atoms with Crippen molar-refractivity contribution in [2.75, 3.05) is 11.1 Å². The molecule has 0 unspecified atom stereocenters. The Hall–Kier alpha value is -2.57. The highest BCUT2D eigenvalue weighted by Gasteiger charge is 2.16. The molecule has 2 aromatic carbocycles. The van der Waals surface area contributed by atoms with Crippen LogP contribution in [0.4, 0.5) is 28.9 Å². The first kappa shape index (κ1) is 13.9. The highest BCUT2D eigenvalue weighted by molar-refractivity contribution is 6.05. The Morgan fingerprint density at radius 3 is 2.35 bits per heavy atom. The van der Waals surface area contributed by atoms with E-state index in [1.807, 2.05) is 5.32 Å². The van der Waals surface area contributed by atoms with Gasteiger partial charge in [0.15, 0.2) is 0 Å². The van der Waals surface area contributed by atoms with Crippen LogP contribution in [0.2, 0.25) is 0 Å². The molecule has 2 aromatic rings. The number of nitrogen functional groups attached to an aromatic ring is 1. The zero-order valence-corrected chi connectivity index (χ0v) is 9.88. The third-order valence-corrected chi connectivity index (χ3v) is 2.51. The molecule has 3 N–H and O–H groups in total. The number of hydrogen-bond acceptors (Lipinski definition) is 2. The molecule has 7 heteroatoms. The van der Waals surface area contributed by atoms with E-state index in [4.69, 9.17) is 5.73 Å². The second-order valence-electron chi connectivity index (χ2n) is 3.93. The molecule has 2 rings (SSSR count). The largest absolute Gasteiger partial charge is 0.396 e. The minimum Gasteiger partial charge on any atom is -0.396 e. The molecule has 1 amide bonds. The van der Waals surface area contributed by atoms with Gasteiger partial charge in [-0.15, -0.1) is 0 Å². The summed E-state index contributed by atoms with van der Waals surface area (Å²) in [4.78, 5) is 11.7. The van der Waals surface area contributed by atoms with Crippen LogP contribution in [0.1, 0.15) is 10.4 Å². The molecule has 0 heterocycles. The molecule has 0 aliphatic carbocycles. The first-order valence-electron chi connectivity index (χ1n) is 5.39. The third-order valence-electron chi connectivity index (χ3n) is 2.51. The Bertz CT molecular complexity index is 688. The van der Waals surface area contributed by atoms with E-state index in [1.54, 1.807) is 0 Å². The van der Waals surface area contributed by atoms with Crippen LogP contribution < -0.4 is 11.1 Å². The molecular weight excluding hydrogens is 276 g/mol. The summed E-state index contributed by atoms with van der Waals surface area (Å²) in [5.74, 6) is -4.92. The number of nitrogens with one attached hydrogen (secondary N) is 1. The molecule has 0 aliphatic heterocycles. The smallest absolute Gasteiger partial charge is 0.258 e. The molecular formula is C13H8F4N2O. The Labute approximate surface area is 111 Å². The van der Waals surface area contributed by atoms with Gasteiger partial charge < -0.3 is 11.1 Å². The number of carbonyl (C=O) groups is 1. The fourth-order valence-electron chi connectivity index (χ4n) is 1.52. The van der Waals surface area contributed by atoms with E-state index in [-0.39, 0.29) is 0 Å². The van der Waals surface area contributed by atoms with Gasteiger partial charge in [-0.1, -0.05) is 0 Å². The van der Waals surface area contributed by atoms with Crippen molar-refractivity contribution in [3.8, 4) is 0 Å². The van der Waals surface area contributed by atoms with Crippen molar-refractivity contribution in [1.82, 2.24) is 0 Å². The second-order valence-corrected chi connectivity index (χ2v) is 3.93. The summed E-state index contributed by atoms with van der Waals surface area (Å²) < 4.78 is 52.7. The lowest BCUT2D eigenvalue weighted by Gasteiger charge is -2.08. The first-order chi connectivity index (χ1) is 9.38. The molecule has 0 saturated heterocycles. The van der Waals surface area contributed by atoms with Gasteiger partial charge in [0.25, 0.3) is 5.91 Å². The molecule has 20 heavy (non-hydrogen) atoms. The van der Waals surface area contributed by atoms with Crippen molar-refractivity contribution in [2.24, 2.45) is 0 Å². The van der Waals surface area contributed by atoms with Crippen LogP contribution in [0, 0.1) is 23.3 Å². The number of carbonyl (C=O) groups excluding carboxylic acids is 1. The van der Waals surface area contributed by atoms with Crippen molar-refractivity contribution in [3.05, 3.63) is 59.2 Å². The van der Waals surface area contributed by atoms with Gasteiger partial charge in [-0.05, 0) is 18.2 Å². The number of rotatable bonds is 2. The van der Waals surface area contributed by atoms with Crippen molar-refractivity contribution < 1.29 is 22.4 Å². The zero-order chi connectivity index (χ0) is 14.9. The normalized spacial score (nSPS) is 10.4. The van der Waals surface area contributed by atoms with Gasteiger partial charge >= 0.3 is 0 Å². The summed E-state index contributed by atoms with van der Waals surface area (Å²) in [6.45, 7) is 0. The standard InChI is InChI=1S/C13H8F4N2O/c14-6-1-2-8(15)12(3-6)19-13(20)7-4-11(18)10(17)5-9(7)16/h1-5H,18H2,(H,19,20). The van der Waals surface area contributed by atoms with Crippen molar-refractivity contribution >= 4 is 17.3 Å². The van der Waals surface area contributed by atoms with Crippen LogP contribution in [-0.2, 0) is 0 Å². The molecule has 0 bridgehead atoms. The van der Waals surface area contributed by atoms with Crippen molar-refractivity contribution in [2.45, 2.75) is 0 Å². The Kier molecular flexibility index (Phi) is 3.60. The molecule has 0 saturated carbocycles. The highest BCUT2D eigenvalue weighted by atomic mass is 19.1. The fourth-order valence-corrected chi connectivity index (χ4v) is 1.52. The lowest BCUT2D eigenvalue weighted by Crippen LogP contribution is -2.15. The van der Waals surface area contributed by atoms with Crippen LogP contribution >= 0.6 is 0 Å². The van der Waals surface area contributed by atoms with Gasteiger partial charge in [0, 0.05) is 12.1 Å². The summed E-state index contributed by atoms with van der Waals surface area (Å²) in [6, 6.07) is 3.61. The first-order valence-corrected chi connectivity index (χ1v) is 5.39. The van der Waals surface area contributed by atoms with Gasteiger partial charge in [-0.3, -0.25) is 4.79 Å². The number of halogens is 4. The molecule has 0 aromatic heterocycles. The molecule has 104 valence electrons. The van der Waals surface area contributed by atoms with E-state index < -0.39 is 46.1 Å². The number of anilines is 2. The van der Waals surface area contributed by atoms with E-state index >= 15 is 0 Å².